The second kappa shape index (κ2) is 6.20. The van der Waals surface area contributed by atoms with Crippen LogP contribution in [0.3, 0.4) is 0 Å². The largest absolute Gasteiger partial charge is 0.392 e. The van der Waals surface area contributed by atoms with E-state index in [0.29, 0.717) is 0 Å². The number of aliphatic hydroxyl groups excluding tert-OH is 1. The molecule has 0 aromatic heterocycles. The normalized spacial score (nSPS) is 14.1. The Hall–Kier alpha value is -0.980. The van der Waals surface area contributed by atoms with Gasteiger partial charge < -0.3 is 5.11 Å². The summed E-state index contributed by atoms with van der Waals surface area (Å²) in [5.74, 6) is -0.403. The molecule has 0 saturated carbocycles. The predicted octanol–water partition coefficient (Wildman–Crippen LogP) is 2.29. The highest BCUT2D eigenvalue weighted by molar-refractivity contribution is 7.89. The first-order chi connectivity index (χ1) is 9.12. The molecule has 0 aliphatic rings. The highest BCUT2D eigenvalue weighted by atomic mass is 32.2. The molecule has 114 valence electrons. The van der Waals surface area contributed by atoms with Crippen LogP contribution in [-0.4, -0.2) is 30.9 Å². The number of halogens is 1. The second-order valence-electron chi connectivity index (χ2n) is 5.38. The van der Waals surface area contributed by atoms with Gasteiger partial charge in [-0.05, 0) is 37.5 Å². The van der Waals surface area contributed by atoms with Crippen molar-refractivity contribution in [1.29, 1.82) is 0 Å². The number of aliphatic hydroxyl groups is 1. The SMILES string of the molecule is Cc1cc(S(=O)(=O)N(C)C(C)C(C)C)cc(CO)c1F. The Bertz CT molecular complexity index is 584. The molecule has 0 radical (unpaired) electrons. The average Bonchev–Trinajstić information content (AvgIpc) is 2.39. The standard InChI is InChI=1S/C14H22FNO3S/c1-9(2)11(4)16(5)20(18,19)13-6-10(3)14(15)12(7-13)8-17/h6-7,9,11,17H,8H2,1-5H3. The third-order valence-electron chi connectivity index (χ3n) is 3.69. The van der Waals surface area contributed by atoms with Crippen molar-refractivity contribution in [3.05, 3.63) is 29.1 Å². The van der Waals surface area contributed by atoms with Crippen molar-refractivity contribution in [3.8, 4) is 0 Å². The van der Waals surface area contributed by atoms with Crippen LogP contribution in [0.5, 0.6) is 0 Å². The smallest absolute Gasteiger partial charge is 0.243 e. The zero-order chi connectivity index (χ0) is 15.7. The average molecular weight is 303 g/mol. The van der Waals surface area contributed by atoms with Gasteiger partial charge in [0.05, 0.1) is 11.5 Å². The highest BCUT2D eigenvalue weighted by Gasteiger charge is 2.28. The topological polar surface area (TPSA) is 57.6 Å². The zero-order valence-corrected chi connectivity index (χ0v) is 13.3. The van der Waals surface area contributed by atoms with Gasteiger partial charge in [0.2, 0.25) is 10.0 Å². The molecule has 0 saturated heterocycles. The molecule has 0 amide bonds. The summed E-state index contributed by atoms with van der Waals surface area (Å²) in [6, 6.07) is 2.32. The molecule has 0 heterocycles. The van der Waals surface area contributed by atoms with E-state index in [9.17, 15) is 12.8 Å². The first-order valence-electron chi connectivity index (χ1n) is 6.50. The Kier molecular flexibility index (Phi) is 5.29. The quantitative estimate of drug-likeness (QED) is 0.908. The highest BCUT2D eigenvalue weighted by Crippen LogP contribution is 2.24. The molecular weight excluding hydrogens is 281 g/mol. The second-order valence-corrected chi connectivity index (χ2v) is 7.37. The molecule has 0 fully saturated rings. The summed E-state index contributed by atoms with van der Waals surface area (Å²) in [5, 5.41) is 9.12. The Balaban J connectivity index is 3.33. The molecule has 20 heavy (non-hydrogen) atoms. The van der Waals surface area contributed by atoms with Crippen molar-refractivity contribution in [3.63, 3.8) is 0 Å². The van der Waals surface area contributed by atoms with Crippen LogP contribution in [0, 0.1) is 18.7 Å². The maximum absolute atomic E-state index is 13.7. The third-order valence-corrected chi connectivity index (χ3v) is 5.61. The van der Waals surface area contributed by atoms with E-state index in [-0.39, 0.29) is 28.0 Å². The summed E-state index contributed by atoms with van der Waals surface area (Å²) in [5.41, 5.74) is 0.204. The molecule has 0 aliphatic heterocycles. The molecule has 0 aliphatic carbocycles. The van der Waals surface area contributed by atoms with Gasteiger partial charge in [-0.2, -0.15) is 4.31 Å². The Morgan fingerprint density at radius 1 is 1.30 bits per heavy atom. The van der Waals surface area contributed by atoms with Gasteiger partial charge in [-0.1, -0.05) is 13.8 Å². The van der Waals surface area contributed by atoms with Gasteiger partial charge in [0.1, 0.15) is 5.82 Å². The number of hydrogen-bond acceptors (Lipinski definition) is 3. The van der Waals surface area contributed by atoms with Crippen molar-refractivity contribution in [2.45, 2.75) is 45.2 Å². The number of nitrogens with zero attached hydrogens (tertiary/aromatic N) is 1. The van der Waals surface area contributed by atoms with E-state index >= 15 is 0 Å². The van der Waals surface area contributed by atoms with Gasteiger partial charge in [0.15, 0.2) is 0 Å². The molecule has 1 aromatic rings. The number of hydrogen-bond donors (Lipinski definition) is 1. The van der Waals surface area contributed by atoms with Crippen LogP contribution in [0.15, 0.2) is 17.0 Å². The Morgan fingerprint density at radius 2 is 1.85 bits per heavy atom. The fraction of sp³-hybridized carbons (Fsp3) is 0.571. The fourth-order valence-electron chi connectivity index (χ4n) is 1.88. The molecule has 1 unspecified atom stereocenters. The lowest BCUT2D eigenvalue weighted by Gasteiger charge is -2.27. The molecule has 4 nitrogen and oxygen atoms in total. The molecule has 0 spiro atoms. The van der Waals surface area contributed by atoms with Crippen LogP contribution in [0.1, 0.15) is 31.9 Å². The van der Waals surface area contributed by atoms with Gasteiger partial charge in [-0.25, -0.2) is 12.8 Å². The number of sulfonamides is 1. The molecule has 1 atom stereocenters. The molecule has 1 rings (SSSR count). The van der Waals surface area contributed by atoms with Gasteiger partial charge in [-0.15, -0.1) is 0 Å². The summed E-state index contributed by atoms with van der Waals surface area (Å²) in [7, 11) is -2.19. The molecule has 1 N–H and O–H groups in total. The summed E-state index contributed by atoms with van der Waals surface area (Å²) >= 11 is 0. The lowest BCUT2D eigenvalue weighted by molar-refractivity contribution is 0.275. The Labute approximate surface area is 120 Å². The van der Waals surface area contributed by atoms with Crippen molar-refractivity contribution >= 4 is 10.0 Å². The van der Waals surface area contributed by atoms with E-state index in [2.05, 4.69) is 0 Å². The van der Waals surface area contributed by atoms with Gasteiger partial charge in [-0.3, -0.25) is 0 Å². The summed E-state index contributed by atoms with van der Waals surface area (Å²) < 4.78 is 40.0. The predicted molar refractivity (Wildman–Crippen MR) is 76.3 cm³/mol. The van der Waals surface area contributed by atoms with Gasteiger partial charge in [0.25, 0.3) is 0 Å². The molecule has 1 aromatic carbocycles. The number of benzene rings is 1. The number of rotatable bonds is 5. The van der Waals surface area contributed by atoms with Crippen molar-refractivity contribution in [2.24, 2.45) is 5.92 Å². The van der Waals surface area contributed by atoms with E-state index in [1.165, 1.54) is 30.4 Å². The van der Waals surface area contributed by atoms with Crippen LogP contribution in [-0.2, 0) is 16.6 Å². The van der Waals surface area contributed by atoms with E-state index < -0.39 is 22.4 Å². The minimum atomic E-state index is -3.70. The lowest BCUT2D eigenvalue weighted by atomic mass is 10.1. The van der Waals surface area contributed by atoms with Crippen LogP contribution in [0.25, 0.3) is 0 Å². The van der Waals surface area contributed by atoms with Crippen molar-refractivity contribution in [2.75, 3.05) is 7.05 Å². The third kappa shape index (κ3) is 3.19. The zero-order valence-electron chi connectivity index (χ0n) is 12.5. The molecule has 0 bridgehead atoms. The summed E-state index contributed by atoms with van der Waals surface area (Å²) in [4.78, 5) is 0.00968. The maximum atomic E-state index is 13.7. The van der Waals surface area contributed by atoms with E-state index in [1.54, 1.807) is 0 Å². The first-order valence-corrected chi connectivity index (χ1v) is 7.94. The van der Waals surface area contributed by atoms with Crippen LogP contribution in [0.4, 0.5) is 4.39 Å². The molecule has 6 heteroatoms. The van der Waals surface area contributed by atoms with Crippen LogP contribution < -0.4 is 0 Å². The maximum Gasteiger partial charge on any atom is 0.243 e. The van der Waals surface area contributed by atoms with E-state index in [0.717, 1.165) is 0 Å². The summed E-state index contributed by atoms with van der Waals surface area (Å²) in [6.07, 6.45) is 0. The van der Waals surface area contributed by atoms with Gasteiger partial charge >= 0.3 is 0 Å². The van der Waals surface area contributed by atoms with Crippen molar-refractivity contribution < 1.29 is 17.9 Å². The van der Waals surface area contributed by atoms with E-state index in [4.69, 9.17) is 5.11 Å². The first kappa shape index (κ1) is 17.1. The fourth-order valence-corrected chi connectivity index (χ4v) is 3.51. The van der Waals surface area contributed by atoms with Crippen LogP contribution >= 0.6 is 0 Å². The lowest BCUT2D eigenvalue weighted by Crippen LogP contribution is -2.38. The summed E-state index contributed by atoms with van der Waals surface area (Å²) in [6.45, 7) is 6.65. The minimum Gasteiger partial charge on any atom is -0.392 e. The van der Waals surface area contributed by atoms with Crippen molar-refractivity contribution in [1.82, 2.24) is 4.31 Å². The van der Waals surface area contributed by atoms with Gasteiger partial charge in [0, 0.05) is 18.7 Å². The van der Waals surface area contributed by atoms with E-state index in [1.807, 2.05) is 20.8 Å². The Morgan fingerprint density at radius 3 is 2.30 bits per heavy atom. The monoisotopic (exact) mass is 303 g/mol. The minimum absolute atomic E-state index is 0.00539. The molecular formula is C14H22FNO3S. The number of aryl methyl sites for hydroxylation is 1. The van der Waals surface area contributed by atoms with Crippen LogP contribution in [0.2, 0.25) is 0 Å².